The van der Waals surface area contributed by atoms with Crippen LogP contribution in [0.2, 0.25) is 0 Å². The monoisotopic (exact) mass is 419 g/mol. The minimum absolute atomic E-state index is 0.00357. The van der Waals surface area contributed by atoms with Gasteiger partial charge in [-0.25, -0.2) is 0 Å². The van der Waals surface area contributed by atoms with Crippen molar-refractivity contribution in [2.75, 3.05) is 20.2 Å². The van der Waals surface area contributed by atoms with E-state index in [4.69, 9.17) is 9.47 Å². The first kappa shape index (κ1) is 19.9. The van der Waals surface area contributed by atoms with E-state index in [-0.39, 0.29) is 35.7 Å². The van der Waals surface area contributed by atoms with Gasteiger partial charge in [0.2, 0.25) is 0 Å². The van der Waals surface area contributed by atoms with E-state index in [9.17, 15) is 9.59 Å². The van der Waals surface area contributed by atoms with E-state index in [1.165, 1.54) is 7.11 Å². The molecule has 7 nitrogen and oxygen atoms in total. The predicted molar refractivity (Wildman–Crippen MR) is 113 cm³/mol. The Balaban J connectivity index is 1.32. The van der Waals surface area contributed by atoms with Gasteiger partial charge in [-0.15, -0.1) is 0 Å². The number of benzene rings is 2. The normalized spacial score (nSPS) is 29.6. The number of ether oxygens (including phenoxy) is 2. The highest BCUT2D eigenvalue weighted by atomic mass is 16.5. The third-order valence-electron chi connectivity index (χ3n) is 6.56. The van der Waals surface area contributed by atoms with Crippen LogP contribution in [0.3, 0.4) is 0 Å². The second-order valence-electron chi connectivity index (χ2n) is 8.45. The summed E-state index contributed by atoms with van der Waals surface area (Å²) in [6, 6.07) is 15.3. The van der Waals surface area contributed by atoms with Gasteiger partial charge < -0.3 is 9.47 Å². The highest BCUT2D eigenvalue weighted by molar-refractivity contribution is 6.17. The number of nitrogens with zero attached hydrogens (tertiary/aromatic N) is 3. The van der Waals surface area contributed by atoms with Gasteiger partial charge in [-0.1, -0.05) is 47.7 Å². The van der Waals surface area contributed by atoms with Gasteiger partial charge in [0.05, 0.1) is 43.9 Å². The molecule has 5 atom stereocenters. The van der Waals surface area contributed by atoms with Crippen molar-refractivity contribution < 1.29 is 19.1 Å². The summed E-state index contributed by atoms with van der Waals surface area (Å²) in [4.78, 5) is 26.6. The number of rotatable bonds is 4. The maximum atomic E-state index is 13.3. The van der Waals surface area contributed by atoms with E-state index in [1.807, 2.05) is 30.1 Å². The first-order chi connectivity index (χ1) is 15.1. The van der Waals surface area contributed by atoms with Crippen LogP contribution in [0.15, 0.2) is 58.9 Å². The molecule has 2 aliphatic heterocycles. The van der Waals surface area contributed by atoms with Crippen LogP contribution >= 0.6 is 0 Å². The molecule has 1 saturated heterocycles. The molecule has 0 bridgehead atoms. The van der Waals surface area contributed by atoms with E-state index >= 15 is 0 Å². The molecule has 3 unspecified atom stereocenters. The van der Waals surface area contributed by atoms with Crippen LogP contribution < -0.4 is 4.74 Å². The Bertz CT molecular complexity index is 1040. The van der Waals surface area contributed by atoms with Crippen LogP contribution in [0, 0.1) is 11.8 Å². The van der Waals surface area contributed by atoms with Crippen molar-refractivity contribution in [3.8, 4) is 5.75 Å². The molecule has 5 rings (SSSR count). The third kappa shape index (κ3) is 3.43. The zero-order valence-electron chi connectivity index (χ0n) is 17.6. The largest absolute Gasteiger partial charge is 0.496 e. The number of carbonyl (C=O) groups is 2. The van der Waals surface area contributed by atoms with Gasteiger partial charge in [0.1, 0.15) is 11.8 Å². The number of methoxy groups -OCH3 is 1. The highest BCUT2D eigenvalue weighted by Gasteiger charge is 2.50. The summed E-state index contributed by atoms with van der Waals surface area (Å²) in [7, 11) is 1.52. The van der Waals surface area contributed by atoms with E-state index in [0.717, 1.165) is 5.56 Å². The molecular formula is C24H25N3O4. The van der Waals surface area contributed by atoms with Crippen molar-refractivity contribution in [2.24, 2.45) is 22.2 Å². The lowest BCUT2D eigenvalue weighted by Crippen LogP contribution is -2.51. The molecule has 2 aromatic rings. The molecule has 0 amide bonds. The summed E-state index contributed by atoms with van der Waals surface area (Å²) in [6.07, 6.45) is -0.0468. The molecule has 0 aromatic heterocycles. The number of Topliss-reactive ketones (excluding diaryl/α,β-unsaturated/α-hetero) is 2. The molecule has 0 saturated carbocycles. The molecule has 0 N–H and O–H groups in total. The number of fused-ring (bicyclic) bond motifs is 2. The Morgan fingerprint density at radius 1 is 1.10 bits per heavy atom. The van der Waals surface area contributed by atoms with E-state index in [0.29, 0.717) is 36.4 Å². The third-order valence-corrected chi connectivity index (χ3v) is 6.56. The topological polar surface area (TPSA) is 80.6 Å². The second-order valence-corrected chi connectivity index (χ2v) is 8.45. The van der Waals surface area contributed by atoms with E-state index in [2.05, 4.69) is 22.5 Å². The van der Waals surface area contributed by atoms with Gasteiger partial charge in [0.25, 0.3) is 0 Å². The summed E-state index contributed by atoms with van der Waals surface area (Å²) in [5.41, 5.74) is 1.98. The smallest absolute Gasteiger partial charge is 0.173 e. The van der Waals surface area contributed by atoms with Gasteiger partial charge in [0, 0.05) is 11.5 Å². The van der Waals surface area contributed by atoms with Crippen molar-refractivity contribution in [3.05, 3.63) is 65.2 Å². The van der Waals surface area contributed by atoms with Crippen LogP contribution in [-0.2, 0) is 4.74 Å². The minimum Gasteiger partial charge on any atom is -0.496 e. The Hall–Kier alpha value is -3.06. The molecule has 0 spiro atoms. The Labute approximate surface area is 181 Å². The molecule has 7 heteroatoms. The first-order valence-electron chi connectivity index (χ1n) is 10.7. The van der Waals surface area contributed by atoms with Crippen LogP contribution in [0.4, 0.5) is 0 Å². The molecule has 3 aliphatic rings. The number of ketones is 2. The van der Waals surface area contributed by atoms with Crippen molar-refractivity contribution >= 4 is 11.6 Å². The summed E-state index contributed by atoms with van der Waals surface area (Å²) >= 11 is 0. The predicted octanol–water partition coefficient (Wildman–Crippen LogP) is 3.91. The summed E-state index contributed by atoms with van der Waals surface area (Å²) in [6.45, 7) is 3.11. The number of hydrogen-bond acceptors (Lipinski definition) is 7. The molecule has 2 aromatic carbocycles. The SMILES string of the molecule is COc1cccc2c1C(=O)C1C(C[C@H](CN3CC(c4ccccc4)N=N3)O[C@@H]1C)C2=O. The second kappa shape index (κ2) is 7.89. The van der Waals surface area contributed by atoms with Crippen molar-refractivity contribution in [1.29, 1.82) is 0 Å². The minimum atomic E-state index is -0.482. The highest BCUT2D eigenvalue weighted by Crippen LogP contribution is 2.43. The Kier molecular flexibility index (Phi) is 5.06. The molecular weight excluding hydrogens is 394 g/mol. The van der Waals surface area contributed by atoms with Crippen LogP contribution in [0.1, 0.15) is 45.7 Å². The summed E-state index contributed by atoms with van der Waals surface area (Å²) < 4.78 is 11.6. The average molecular weight is 419 g/mol. The van der Waals surface area contributed by atoms with Crippen LogP contribution in [0.5, 0.6) is 5.75 Å². The molecule has 0 radical (unpaired) electrons. The van der Waals surface area contributed by atoms with Crippen molar-refractivity contribution in [3.63, 3.8) is 0 Å². The first-order valence-corrected chi connectivity index (χ1v) is 10.7. The van der Waals surface area contributed by atoms with Crippen molar-refractivity contribution in [1.82, 2.24) is 5.01 Å². The number of carbonyl (C=O) groups excluding carboxylic acids is 2. The van der Waals surface area contributed by atoms with Crippen LogP contribution in [-0.4, -0.2) is 49.0 Å². The lowest BCUT2D eigenvalue weighted by atomic mass is 9.68. The fourth-order valence-corrected chi connectivity index (χ4v) is 5.11. The quantitative estimate of drug-likeness (QED) is 0.751. The van der Waals surface area contributed by atoms with Crippen LogP contribution in [0.25, 0.3) is 0 Å². The summed E-state index contributed by atoms with van der Waals surface area (Å²) in [5, 5.41) is 10.6. The van der Waals surface area contributed by atoms with Gasteiger partial charge in [-0.05, 0) is 25.0 Å². The fourth-order valence-electron chi connectivity index (χ4n) is 5.11. The maximum absolute atomic E-state index is 13.3. The molecule has 1 fully saturated rings. The average Bonchev–Trinajstić information content (AvgIpc) is 3.25. The lowest BCUT2D eigenvalue weighted by Gasteiger charge is -2.42. The zero-order chi connectivity index (χ0) is 21.5. The zero-order valence-corrected chi connectivity index (χ0v) is 17.6. The fraction of sp³-hybridized carbons (Fsp3) is 0.417. The molecule has 1 aliphatic carbocycles. The standard InChI is InChI=1S/C24H25N3O4/c1-14-21-18(23(28)17-9-6-10-20(30-2)22(17)24(21)29)11-16(31-14)12-27-13-19(25-26-27)15-7-4-3-5-8-15/h3-10,14,16,18-19,21H,11-13H2,1-2H3/t14-,16-,18?,19?,21?/m1/s1. The molecule has 31 heavy (non-hydrogen) atoms. The molecule has 2 heterocycles. The van der Waals surface area contributed by atoms with Gasteiger partial charge in [-0.3, -0.25) is 14.6 Å². The Morgan fingerprint density at radius 2 is 1.90 bits per heavy atom. The lowest BCUT2D eigenvalue weighted by molar-refractivity contribution is -0.0916. The van der Waals surface area contributed by atoms with E-state index < -0.39 is 5.92 Å². The van der Waals surface area contributed by atoms with Gasteiger partial charge in [-0.2, -0.15) is 5.11 Å². The summed E-state index contributed by atoms with van der Waals surface area (Å²) in [5.74, 6) is -0.472. The number of hydrogen-bond donors (Lipinski definition) is 0. The van der Waals surface area contributed by atoms with Crippen molar-refractivity contribution in [2.45, 2.75) is 31.6 Å². The molecule has 160 valence electrons. The van der Waals surface area contributed by atoms with Gasteiger partial charge in [0.15, 0.2) is 11.6 Å². The maximum Gasteiger partial charge on any atom is 0.173 e. The van der Waals surface area contributed by atoms with E-state index in [1.54, 1.807) is 18.2 Å². The van der Waals surface area contributed by atoms with Gasteiger partial charge >= 0.3 is 0 Å². The Morgan fingerprint density at radius 3 is 2.68 bits per heavy atom.